The van der Waals surface area contributed by atoms with Gasteiger partial charge in [-0.1, -0.05) is 38.3 Å². The first-order valence-electron chi connectivity index (χ1n) is 9.69. The van der Waals surface area contributed by atoms with Gasteiger partial charge in [0.2, 0.25) is 10.0 Å². The second-order valence-corrected chi connectivity index (χ2v) is 9.04. The van der Waals surface area contributed by atoms with E-state index >= 15 is 0 Å². The van der Waals surface area contributed by atoms with Crippen LogP contribution in [-0.2, 0) is 16.4 Å². The van der Waals surface area contributed by atoms with Crippen molar-refractivity contribution in [3.8, 4) is 0 Å². The third kappa shape index (κ3) is 9.89. The molecule has 0 bridgehead atoms. The molecule has 0 saturated heterocycles. The molecule has 0 aliphatic rings. The highest BCUT2D eigenvalue weighted by molar-refractivity contribution is 7.88. The average Bonchev–Trinajstić information content (AvgIpc) is 2.60. The normalized spacial score (nSPS) is 13.0. The zero-order valence-corrected chi connectivity index (χ0v) is 17.2. The second-order valence-electron chi connectivity index (χ2n) is 7.06. The van der Waals surface area contributed by atoms with Gasteiger partial charge in [0, 0.05) is 13.1 Å². The number of aryl methyl sites for hydroxylation is 1. The predicted molar refractivity (Wildman–Crippen MR) is 108 cm³/mol. The Morgan fingerprint density at radius 2 is 1.63 bits per heavy atom. The number of sulfonamides is 1. The molecule has 0 saturated carbocycles. The zero-order valence-electron chi connectivity index (χ0n) is 16.4. The molecule has 0 aliphatic carbocycles. The summed E-state index contributed by atoms with van der Waals surface area (Å²) in [5, 5.41) is 18.9. The molecule has 0 unspecified atom stereocenters. The quantitative estimate of drug-likeness (QED) is 0.468. The molecule has 0 fully saturated rings. The lowest BCUT2D eigenvalue weighted by Crippen LogP contribution is -2.32. The van der Waals surface area contributed by atoms with Crippen LogP contribution in [-0.4, -0.2) is 54.4 Å². The van der Waals surface area contributed by atoms with Crippen LogP contribution in [0.3, 0.4) is 0 Å². The number of benzene rings is 1. The van der Waals surface area contributed by atoms with Gasteiger partial charge in [-0.15, -0.1) is 0 Å². The van der Waals surface area contributed by atoms with Crippen LogP contribution in [0.25, 0.3) is 0 Å². The number of carbonyl (C=O) groups is 1. The number of aromatic carboxylic acids is 1. The lowest BCUT2D eigenvalue weighted by atomic mass is 10.1. The summed E-state index contributed by atoms with van der Waals surface area (Å²) in [5.41, 5.74) is 1.23. The summed E-state index contributed by atoms with van der Waals surface area (Å²) in [6, 6.07) is 6.65. The van der Waals surface area contributed by atoms with E-state index in [2.05, 4.69) is 6.92 Å². The molecule has 27 heavy (non-hydrogen) atoms. The molecule has 2 N–H and O–H groups in total. The van der Waals surface area contributed by atoms with Gasteiger partial charge < -0.3 is 10.2 Å². The molecule has 1 aromatic carbocycles. The lowest BCUT2D eigenvalue weighted by Gasteiger charge is -2.20. The number of rotatable bonds is 14. The van der Waals surface area contributed by atoms with Crippen LogP contribution in [0.4, 0.5) is 0 Å². The van der Waals surface area contributed by atoms with E-state index in [0.29, 0.717) is 38.8 Å². The SMILES string of the molecule is CCCCC[C@@H](O)CCCN(CCCc1ccc(C(=O)O)cc1)S(C)(=O)=O. The molecule has 154 valence electrons. The van der Waals surface area contributed by atoms with Crippen LogP contribution in [0.2, 0.25) is 0 Å². The first kappa shape index (κ1) is 23.6. The molecule has 1 rings (SSSR count). The van der Waals surface area contributed by atoms with Gasteiger partial charge in [-0.2, -0.15) is 0 Å². The third-order valence-corrected chi connectivity index (χ3v) is 5.93. The first-order chi connectivity index (χ1) is 12.7. The highest BCUT2D eigenvalue weighted by atomic mass is 32.2. The lowest BCUT2D eigenvalue weighted by molar-refractivity contribution is 0.0697. The number of carboxylic acids is 1. The van der Waals surface area contributed by atoms with Gasteiger partial charge in [-0.3, -0.25) is 0 Å². The fourth-order valence-electron chi connectivity index (χ4n) is 2.99. The number of aliphatic hydroxyl groups is 1. The van der Waals surface area contributed by atoms with Gasteiger partial charge >= 0.3 is 5.97 Å². The van der Waals surface area contributed by atoms with Crippen molar-refractivity contribution in [1.82, 2.24) is 4.31 Å². The fourth-order valence-corrected chi connectivity index (χ4v) is 3.92. The predicted octanol–water partition coefficient (Wildman–Crippen LogP) is 3.30. The number of unbranched alkanes of at least 4 members (excludes halogenated alkanes) is 2. The molecule has 1 aromatic rings. The number of hydrogen-bond acceptors (Lipinski definition) is 4. The Labute approximate surface area is 163 Å². The van der Waals surface area contributed by atoms with E-state index in [0.717, 1.165) is 31.2 Å². The van der Waals surface area contributed by atoms with Crippen molar-refractivity contribution in [3.05, 3.63) is 35.4 Å². The highest BCUT2D eigenvalue weighted by Gasteiger charge is 2.16. The van der Waals surface area contributed by atoms with Crippen LogP contribution in [0, 0.1) is 0 Å². The Bertz CT molecular complexity index is 657. The van der Waals surface area contributed by atoms with Crippen LogP contribution >= 0.6 is 0 Å². The first-order valence-corrected chi connectivity index (χ1v) is 11.5. The van der Waals surface area contributed by atoms with E-state index in [1.54, 1.807) is 24.3 Å². The minimum atomic E-state index is -3.28. The van der Waals surface area contributed by atoms with Crippen molar-refractivity contribution in [2.24, 2.45) is 0 Å². The van der Waals surface area contributed by atoms with Crippen molar-refractivity contribution in [2.75, 3.05) is 19.3 Å². The third-order valence-electron chi connectivity index (χ3n) is 4.63. The van der Waals surface area contributed by atoms with Gasteiger partial charge in [0.05, 0.1) is 17.9 Å². The average molecular weight is 400 g/mol. The monoisotopic (exact) mass is 399 g/mol. The summed E-state index contributed by atoms with van der Waals surface area (Å²) < 4.78 is 25.4. The molecule has 0 aliphatic heterocycles. The Hall–Kier alpha value is -1.44. The maximum absolute atomic E-state index is 12.0. The van der Waals surface area contributed by atoms with E-state index in [9.17, 15) is 18.3 Å². The fraction of sp³-hybridized carbons (Fsp3) is 0.650. The standard InChI is InChI=1S/C20H33NO5S/c1-3-4-5-9-19(22)10-7-16-21(27(2,25)26)15-6-8-17-11-13-18(14-12-17)20(23)24/h11-14,19,22H,3-10,15-16H2,1-2H3,(H,23,24)/t19-/m1/s1. The molecule has 0 aromatic heterocycles. The Kier molecular flexibility index (Phi) is 10.6. The molecule has 1 atom stereocenters. The summed E-state index contributed by atoms with van der Waals surface area (Å²) >= 11 is 0. The summed E-state index contributed by atoms with van der Waals surface area (Å²) in [5.74, 6) is -0.957. The van der Waals surface area contributed by atoms with E-state index in [1.165, 1.54) is 10.6 Å². The summed E-state index contributed by atoms with van der Waals surface area (Å²) in [6.07, 6.45) is 7.49. The number of hydrogen-bond donors (Lipinski definition) is 2. The summed E-state index contributed by atoms with van der Waals surface area (Å²) in [4.78, 5) is 10.9. The van der Waals surface area contributed by atoms with Crippen molar-refractivity contribution >= 4 is 16.0 Å². The van der Waals surface area contributed by atoms with Gasteiger partial charge in [0.15, 0.2) is 0 Å². The zero-order chi connectivity index (χ0) is 20.3. The molecule has 0 radical (unpaired) electrons. The van der Waals surface area contributed by atoms with E-state index in [-0.39, 0.29) is 11.7 Å². The Morgan fingerprint density at radius 3 is 2.19 bits per heavy atom. The minimum absolute atomic E-state index is 0.244. The van der Waals surface area contributed by atoms with E-state index in [1.807, 2.05) is 0 Å². The molecular formula is C20H33NO5S. The maximum atomic E-state index is 12.0. The molecule has 0 amide bonds. The van der Waals surface area contributed by atoms with Gasteiger partial charge in [0.1, 0.15) is 0 Å². The maximum Gasteiger partial charge on any atom is 0.335 e. The topological polar surface area (TPSA) is 94.9 Å². The van der Waals surface area contributed by atoms with Gasteiger partial charge in [-0.05, 0) is 49.8 Å². The van der Waals surface area contributed by atoms with Crippen LogP contribution < -0.4 is 0 Å². The molecule has 0 heterocycles. The van der Waals surface area contributed by atoms with Crippen LogP contribution in [0.5, 0.6) is 0 Å². The van der Waals surface area contributed by atoms with E-state index < -0.39 is 16.0 Å². The summed E-state index contributed by atoms with van der Waals surface area (Å²) in [6.45, 7) is 2.96. The smallest absolute Gasteiger partial charge is 0.335 e. The van der Waals surface area contributed by atoms with Crippen molar-refractivity contribution in [3.63, 3.8) is 0 Å². The largest absolute Gasteiger partial charge is 0.478 e. The summed E-state index contributed by atoms with van der Waals surface area (Å²) in [7, 11) is -3.28. The Balaban J connectivity index is 2.41. The highest BCUT2D eigenvalue weighted by Crippen LogP contribution is 2.12. The number of carboxylic acid groups (broad SMARTS) is 1. The Morgan fingerprint density at radius 1 is 1.04 bits per heavy atom. The second kappa shape index (κ2) is 12.1. The molecular weight excluding hydrogens is 366 g/mol. The molecule has 6 nitrogen and oxygen atoms in total. The van der Waals surface area contributed by atoms with E-state index in [4.69, 9.17) is 5.11 Å². The molecule has 7 heteroatoms. The van der Waals surface area contributed by atoms with Crippen LogP contribution in [0.1, 0.15) is 67.8 Å². The minimum Gasteiger partial charge on any atom is -0.478 e. The number of aliphatic hydroxyl groups excluding tert-OH is 1. The van der Waals surface area contributed by atoms with Gasteiger partial charge in [-0.25, -0.2) is 17.5 Å². The van der Waals surface area contributed by atoms with Crippen LogP contribution in [0.15, 0.2) is 24.3 Å². The van der Waals surface area contributed by atoms with Crippen molar-refractivity contribution in [2.45, 2.75) is 64.4 Å². The molecule has 0 spiro atoms. The number of nitrogens with zero attached hydrogens (tertiary/aromatic N) is 1. The van der Waals surface area contributed by atoms with Gasteiger partial charge in [0.25, 0.3) is 0 Å². The van der Waals surface area contributed by atoms with Crippen molar-refractivity contribution in [1.29, 1.82) is 0 Å². The van der Waals surface area contributed by atoms with Crippen molar-refractivity contribution < 1.29 is 23.4 Å².